The molecular weight excluding hydrogens is 390 g/mol. The highest BCUT2D eigenvalue weighted by Gasteiger charge is 2.36. The fraction of sp³-hybridized carbons (Fsp3) is 0.111. The molecule has 122 valence electrons. The van der Waals surface area contributed by atoms with E-state index in [0.29, 0.717) is 22.9 Å². The van der Waals surface area contributed by atoms with Gasteiger partial charge in [-0.1, -0.05) is 34.1 Å². The van der Waals surface area contributed by atoms with Crippen molar-refractivity contribution in [3.63, 3.8) is 0 Å². The predicted octanol–water partition coefficient (Wildman–Crippen LogP) is 5.09. The number of para-hydroxylation sites is 1. The van der Waals surface area contributed by atoms with Crippen molar-refractivity contribution in [1.29, 1.82) is 0 Å². The Morgan fingerprint density at radius 2 is 1.92 bits per heavy atom. The van der Waals surface area contributed by atoms with E-state index in [4.69, 9.17) is 4.74 Å². The summed E-state index contributed by atoms with van der Waals surface area (Å²) in [6.07, 6.45) is 1.70. The van der Waals surface area contributed by atoms with E-state index in [-0.39, 0.29) is 11.1 Å². The van der Waals surface area contributed by atoms with Crippen LogP contribution in [0.1, 0.15) is 12.5 Å². The predicted molar refractivity (Wildman–Crippen MR) is 100 cm³/mol. The highest BCUT2D eigenvalue weighted by atomic mass is 79.9. The van der Waals surface area contributed by atoms with Gasteiger partial charge in [-0.15, -0.1) is 0 Å². The third kappa shape index (κ3) is 3.39. The zero-order chi connectivity index (χ0) is 17.1. The second kappa shape index (κ2) is 7.23. The van der Waals surface area contributed by atoms with Crippen LogP contribution in [0, 0.1) is 0 Å². The number of amides is 2. The first kappa shape index (κ1) is 16.8. The number of benzene rings is 2. The van der Waals surface area contributed by atoms with Crippen LogP contribution >= 0.6 is 27.7 Å². The molecule has 1 fully saturated rings. The number of hydrogen-bond acceptors (Lipinski definition) is 4. The summed E-state index contributed by atoms with van der Waals surface area (Å²) in [6.45, 7) is 2.42. The minimum absolute atomic E-state index is 0.301. The largest absolute Gasteiger partial charge is 0.493 e. The van der Waals surface area contributed by atoms with Crippen LogP contribution in [-0.4, -0.2) is 17.8 Å². The van der Waals surface area contributed by atoms with E-state index in [0.717, 1.165) is 21.8 Å². The molecule has 0 aliphatic carbocycles. The molecule has 0 radical (unpaired) electrons. The smallest absolute Gasteiger partial charge is 0.298 e. The number of carbonyl (C=O) groups excluding carboxylic acids is 2. The molecule has 24 heavy (non-hydrogen) atoms. The number of carbonyl (C=O) groups is 2. The first-order chi connectivity index (χ1) is 11.6. The van der Waals surface area contributed by atoms with E-state index in [9.17, 15) is 9.59 Å². The van der Waals surface area contributed by atoms with Crippen LogP contribution in [0.3, 0.4) is 0 Å². The van der Waals surface area contributed by atoms with Gasteiger partial charge in [-0.3, -0.25) is 9.59 Å². The zero-order valence-corrected chi connectivity index (χ0v) is 15.3. The van der Waals surface area contributed by atoms with Gasteiger partial charge < -0.3 is 4.74 Å². The van der Waals surface area contributed by atoms with Crippen molar-refractivity contribution in [2.24, 2.45) is 0 Å². The zero-order valence-electron chi connectivity index (χ0n) is 12.9. The third-order valence-corrected chi connectivity index (χ3v) is 4.73. The van der Waals surface area contributed by atoms with Crippen molar-refractivity contribution in [3.8, 4) is 5.75 Å². The van der Waals surface area contributed by atoms with Gasteiger partial charge in [0, 0.05) is 10.0 Å². The topological polar surface area (TPSA) is 46.6 Å². The standard InChI is InChI=1S/C18H14BrNO3S/c1-2-23-15-9-8-13(19)10-12(15)11-16-17(21)20(18(22)24-16)14-6-4-3-5-7-14/h3-11H,2H2,1H3. The lowest BCUT2D eigenvalue weighted by atomic mass is 10.2. The Kier molecular flexibility index (Phi) is 5.06. The van der Waals surface area contributed by atoms with Gasteiger partial charge in [-0.05, 0) is 55.1 Å². The highest BCUT2D eigenvalue weighted by Crippen LogP contribution is 2.37. The van der Waals surface area contributed by atoms with Crippen molar-refractivity contribution >= 4 is 50.6 Å². The molecule has 3 rings (SSSR count). The van der Waals surface area contributed by atoms with Gasteiger partial charge in [0.25, 0.3) is 11.1 Å². The molecule has 2 aromatic carbocycles. The number of anilines is 1. The van der Waals surface area contributed by atoms with Crippen LogP contribution in [0.4, 0.5) is 10.5 Å². The number of hydrogen-bond donors (Lipinski definition) is 0. The van der Waals surface area contributed by atoms with Crippen molar-refractivity contribution in [2.75, 3.05) is 11.5 Å². The maximum absolute atomic E-state index is 12.6. The molecule has 0 unspecified atom stereocenters. The Hall–Kier alpha value is -2.05. The van der Waals surface area contributed by atoms with E-state index in [1.807, 2.05) is 31.2 Å². The molecule has 0 saturated carbocycles. The molecular formula is C18H14BrNO3S. The van der Waals surface area contributed by atoms with Crippen LogP contribution in [0.15, 0.2) is 57.9 Å². The molecule has 0 bridgehead atoms. The van der Waals surface area contributed by atoms with E-state index < -0.39 is 0 Å². The van der Waals surface area contributed by atoms with E-state index in [1.54, 1.807) is 30.3 Å². The summed E-state index contributed by atoms with van der Waals surface area (Å²) in [5.41, 5.74) is 1.33. The van der Waals surface area contributed by atoms with Crippen molar-refractivity contribution in [2.45, 2.75) is 6.92 Å². The summed E-state index contributed by atoms with van der Waals surface area (Å²) in [6, 6.07) is 14.5. The first-order valence-corrected chi connectivity index (χ1v) is 8.96. The Bertz CT molecular complexity index is 820. The molecule has 0 N–H and O–H groups in total. The molecule has 0 atom stereocenters. The number of ether oxygens (including phenoxy) is 1. The van der Waals surface area contributed by atoms with Crippen LogP contribution in [0.2, 0.25) is 0 Å². The fourth-order valence-electron chi connectivity index (χ4n) is 2.33. The summed E-state index contributed by atoms with van der Waals surface area (Å²) in [7, 11) is 0. The van der Waals surface area contributed by atoms with E-state index >= 15 is 0 Å². The molecule has 1 aliphatic heterocycles. The normalized spacial score (nSPS) is 16.1. The van der Waals surface area contributed by atoms with Gasteiger partial charge in [-0.25, -0.2) is 4.90 Å². The molecule has 2 aromatic rings. The highest BCUT2D eigenvalue weighted by molar-refractivity contribution is 9.10. The van der Waals surface area contributed by atoms with Crippen molar-refractivity contribution < 1.29 is 14.3 Å². The molecule has 0 aromatic heterocycles. The molecule has 2 amide bonds. The Balaban J connectivity index is 1.97. The third-order valence-electron chi connectivity index (χ3n) is 3.37. The van der Waals surface area contributed by atoms with Gasteiger partial charge in [-0.2, -0.15) is 0 Å². The fourth-order valence-corrected chi connectivity index (χ4v) is 3.54. The average Bonchev–Trinajstić information content (AvgIpc) is 2.85. The second-order valence-electron chi connectivity index (χ2n) is 4.97. The lowest BCUT2D eigenvalue weighted by Crippen LogP contribution is -2.27. The SMILES string of the molecule is CCOc1ccc(Br)cc1C=C1SC(=O)N(c2ccccc2)C1=O. The molecule has 6 heteroatoms. The molecule has 1 heterocycles. The maximum atomic E-state index is 12.6. The molecule has 4 nitrogen and oxygen atoms in total. The van der Waals surface area contributed by atoms with E-state index in [2.05, 4.69) is 15.9 Å². The van der Waals surface area contributed by atoms with Crippen LogP contribution < -0.4 is 9.64 Å². The Morgan fingerprint density at radius 3 is 2.62 bits per heavy atom. The summed E-state index contributed by atoms with van der Waals surface area (Å²) in [4.78, 5) is 26.5. The van der Waals surface area contributed by atoms with Gasteiger partial charge in [0.05, 0.1) is 17.2 Å². The van der Waals surface area contributed by atoms with Crippen molar-refractivity contribution in [1.82, 2.24) is 0 Å². The summed E-state index contributed by atoms with van der Waals surface area (Å²) < 4.78 is 6.47. The molecule has 0 spiro atoms. The maximum Gasteiger partial charge on any atom is 0.298 e. The minimum atomic E-state index is -0.321. The Morgan fingerprint density at radius 1 is 1.17 bits per heavy atom. The quantitative estimate of drug-likeness (QED) is 0.667. The van der Waals surface area contributed by atoms with E-state index in [1.165, 1.54) is 4.90 Å². The van der Waals surface area contributed by atoms with Gasteiger partial charge in [0.1, 0.15) is 5.75 Å². The lowest BCUT2D eigenvalue weighted by molar-refractivity contribution is -0.113. The van der Waals surface area contributed by atoms with Gasteiger partial charge in [0.15, 0.2) is 0 Å². The average molecular weight is 404 g/mol. The Labute approximate surface area is 152 Å². The number of imide groups is 1. The lowest BCUT2D eigenvalue weighted by Gasteiger charge is -2.11. The second-order valence-corrected chi connectivity index (χ2v) is 6.88. The van der Waals surface area contributed by atoms with Gasteiger partial charge >= 0.3 is 0 Å². The van der Waals surface area contributed by atoms with Crippen LogP contribution in [0.5, 0.6) is 5.75 Å². The molecule has 1 saturated heterocycles. The number of rotatable bonds is 4. The summed E-state index contributed by atoms with van der Waals surface area (Å²) in [5.74, 6) is 0.353. The van der Waals surface area contributed by atoms with Crippen LogP contribution in [-0.2, 0) is 4.79 Å². The molecule has 1 aliphatic rings. The number of thioether (sulfide) groups is 1. The summed E-state index contributed by atoms with van der Waals surface area (Å²) >= 11 is 4.35. The van der Waals surface area contributed by atoms with Gasteiger partial charge in [0.2, 0.25) is 0 Å². The first-order valence-electron chi connectivity index (χ1n) is 7.35. The summed E-state index contributed by atoms with van der Waals surface area (Å²) in [5, 5.41) is -0.301. The van der Waals surface area contributed by atoms with Crippen LogP contribution in [0.25, 0.3) is 6.08 Å². The number of halogens is 1. The number of nitrogens with zero attached hydrogens (tertiary/aromatic N) is 1. The monoisotopic (exact) mass is 403 g/mol. The van der Waals surface area contributed by atoms with Crippen molar-refractivity contribution in [3.05, 3.63) is 63.5 Å². The minimum Gasteiger partial charge on any atom is -0.493 e.